The normalized spacial score (nSPS) is 29.9. The zero-order chi connectivity index (χ0) is 22.2. The molecule has 0 aliphatic carbocycles. The molecule has 2 aliphatic heterocycles. The number of hydrogen-bond acceptors (Lipinski definition) is 8. The second-order valence-corrected chi connectivity index (χ2v) is 8.51. The van der Waals surface area contributed by atoms with Gasteiger partial charge >= 0.3 is 6.18 Å². The van der Waals surface area contributed by atoms with Crippen LogP contribution in [-0.2, 0) is 16.1 Å². The lowest BCUT2D eigenvalue weighted by Crippen LogP contribution is -2.61. The lowest BCUT2D eigenvalue weighted by Gasteiger charge is -2.41. The van der Waals surface area contributed by atoms with Crippen molar-refractivity contribution in [3.8, 4) is 5.75 Å². The minimum Gasteiger partial charge on any atom is -0.496 e. The van der Waals surface area contributed by atoms with Gasteiger partial charge in [0.05, 0.1) is 13.7 Å². The van der Waals surface area contributed by atoms with Crippen LogP contribution in [-0.4, -0.2) is 83.6 Å². The van der Waals surface area contributed by atoms with Gasteiger partial charge in [-0.2, -0.15) is 13.2 Å². The van der Waals surface area contributed by atoms with Gasteiger partial charge in [0.2, 0.25) is 0 Å². The van der Waals surface area contributed by atoms with Crippen LogP contribution in [0.1, 0.15) is 11.1 Å². The van der Waals surface area contributed by atoms with Crippen molar-refractivity contribution in [2.45, 2.75) is 55.6 Å². The van der Waals surface area contributed by atoms with Crippen molar-refractivity contribution >= 4 is 16.9 Å². The number of aliphatic hydroxyl groups is 2. The lowest BCUT2D eigenvalue weighted by molar-refractivity contribution is -0.286. The van der Waals surface area contributed by atoms with Crippen molar-refractivity contribution in [2.75, 3.05) is 21.2 Å². The largest absolute Gasteiger partial charge is 0.496 e. The average Bonchev–Trinajstić information content (AvgIpc) is 3.09. The number of benzene rings is 1. The van der Waals surface area contributed by atoms with E-state index in [1.165, 1.54) is 7.11 Å². The van der Waals surface area contributed by atoms with Crippen LogP contribution in [0.15, 0.2) is 23.2 Å². The van der Waals surface area contributed by atoms with Gasteiger partial charge in [0.1, 0.15) is 35.5 Å². The van der Waals surface area contributed by atoms with Gasteiger partial charge in [0.25, 0.3) is 0 Å². The Morgan fingerprint density at radius 2 is 1.97 bits per heavy atom. The van der Waals surface area contributed by atoms with Crippen LogP contribution < -0.4 is 4.74 Å². The first-order valence-electron chi connectivity index (χ1n) is 9.28. The van der Waals surface area contributed by atoms with E-state index in [9.17, 15) is 23.4 Å². The van der Waals surface area contributed by atoms with E-state index in [0.29, 0.717) is 16.5 Å². The highest BCUT2D eigenvalue weighted by Gasteiger charge is 2.57. The summed E-state index contributed by atoms with van der Waals surface area (Å²) in [6.07, 6.45) is -12.3. The van der Waals surface area contributed by atoms with Crippen LogP contribution in [0.2, 0.25) is 0 Å². The fourth-order valence-corrected chi connectivity index (χ4v) is 4.58. The van der Waals surface area contributed by atoms with E-state index in [2.05, 4.69) is 4.99 Å². The number of nitrogens with zero attached hydrogens (tertiary/aromatic N) is 2. The summed E-state index contributed by atoms with van der Waals surface area (Å²) in [5, 5.41) is 21.3. The Morgan fingerprint density at radius 3 is 2.53 bits per heavy atom. The summed E-state index contributed by atoms with van der Waals surface area (Å²) >= 11 is 1.11. The monoisotopic (exact) mass is 450 g/mol. The molecule has 0 amide bonds. The fourth-order valence-electron chi connectivity index (χ4n) is 3.43. The number of fused-ring (bicyclic) bond motifs is 1. The zero-order valence-corrected chi connectivity index (χ0v) is 17.8. The predicted molar refractivity (Wildman–Crippen MR) is 106 cm³/mol. The van der Waals surface area contributed by atoms with Crippen LogP contribution in [0.5, 0.6) is 5.75 Å². The summed E-state index contributed by atoms with van der Waals surface area (Å²) in [5.74, 6) is 0.612. The second-order valence-electron chi connectivity index (χ2n) is 7.44. The maximum Gasteiger partial charge on any atom is 0.417 e. The predicted octanol–water partition coefficient (Wildman–Crippen LogP) is 1.93. The highest BCUT2D eigenvalue weighted by Crippen LogP contribution is 2.41. The third-order valence-corrected chi connectivity index (χ3v) is 6.28. The number of amidine groups is 1. The lowest BCUT2D eigenvalue weighted by atomic mass is 9.94. The molecular formula is C19H25F3N2O5S. The first-order chi connectivity index (χ1) is 14.0. The summed E-state index contributed by atoms with van der Waals surface area (Å²) in [5.41, 5.74) is 0.423. The Morgan fingerprint density at radius 1 is 1.27 bits per heavy atom. The summed E-state index contributed by atoms with van der Waals surface area (Å²) in [6.45, 7) is 1.42. The molecule has 6 unspecified atom stereocenters. The smallest absolute Gasteiger partial charge is 0.417 e. The van der Waals surface area contributed by atoms with Crippen molar-refractivity contribution in [2.24, 2.45) is 4.99 Å². The number of hydrogen-bond donors (Lipinski definition) is 2. The van der Waals surface area contributed by atoms with Gasteiger partial charge in [-0.05, 0) is 24.1 Å². The Balaban J connectivity index is 1.77. The topological polar surface area (TPSA) is 83.8 Å². The number of aliphatic imine (C=N–C) groups is 1. The Hall–Kier alpha value is -1.53. The van der Waals surface area contributed by atoms with Crippen LogP contribution >= 0.6 is 11.8 Å². The maximum absolute atomic E-state index is 13.8. The zero-order valence-electron chi connectivity index (χ0n) is 17.0. The molecule has 1 aromatic carbocycles. The number of aliphatic hydroxyl groups excluding tert-OH is 2. The summed E-state index contributed by atoms with van der Waals surface area (Å²) in [6, 6.07) is 4.06. The van der Waals surface area contributed by atoms with Crippen molar-refractivity contribution in [3.05, 3.63) is 29.3 Å². The molecule has 1 saturated heterocycles. The van der Waals surface area contributed by atoms with Crippen molar-refractivity contribution < 1.29 is 37.6 Å². The van der Waals surface area contributed by atoms with Gasteiger partial charge in [-0.1, -0.05) is 23.9 Å². The SMILES string of the molecule is COc1ccc(COC(C2OC3SC(N(C)C)=NC3C(O)C2O)C(F)(F)F)cc1C. The van der Waals surface area contributed by atoms with Crippen LogP contribution in [0.3, 0.4) is 0 Å². The van der Waals surface area contributed by atoms with Crippen LogP contribution in [0, 0.1) is 6.92 Å². The second kappa shape index (κ2) is 8.91. The van der Waals surface area contributed by atoms with Crippen molar-refractivity contribution in [1.82, 2.24) is 4.90 Å². The number of alkyl halides is 3. The molecule has 1 aromatic rings. The highest BCUT2D eigenvalue weighted by atomic mass is 32.2. The first-order valence-corrected chi connectivity index (χ1v) is 10.2. The van der Waals surface area contributed by atoms with Gasteiger partial charge in [-0.3, -0.25) is 4.99 Å². The molecule has 11 heteroatoms. The maximum atomic E-state index is 13.8. The standard InChI is InChI=1S/C19H25F3N2O5S/c1-9-7-10(5-6-11(9)27-4)8-28-16(19(20,21)22)15-14(26)13(25)12-17(29-15)30-18(23-12)24(2)3/h5-7,12-17,25-26H,8H2,1-4H3. The molecule has 0 bridgehead atoms. The van der Waals surface area contributed by atoms with Gasteiger partial charge in [-0.15, -0.1) is 0 Å². The first kappa shape index (κ1) is 23.1. The molecule has 0 aromatic heterocycles. The number of aryl methyl sites for hydroxylation is 1. The summed E-state index contributed by atoms with van der Waals surface area (Å²) in [4.78, 5) is 5.92. The molecule has 2 aliphatic rings. The number of ether oxygens (including phenoxy) is 3. The molecule has 1 fully saturated rings. The summed E-state index contributed by atoms with van der Waals surface area (Å²) < 4.78 is 57.3. The van der Waals surface area contributed by atoms with E-state index in [0.717, 1.165) is 17.3 Å². The molecule has 0 spiro atoms. The Kier molecular flexibility index (Phi) is 6.87. The van der Waals surface area contributed by atoms with E-state index in [1.54, 1.807) is 44.1 Å². The van der Waals surface area contributed by atoms with Gasteiger partial charge in [-0.25, -0.2) is 0 Å². The minimum absolute atomic E-state index is 0.349. The van der Waals surface area contributed by atoms with Gasteiger partial charge in [0.15, 0.2) is 11.3 Å². The van der Waals surface area contributed by atoms with Crippen LogP contribution in [0.25, 0.3) is 0 Å². The molecule has 0 saturated carbocycles. The molecule has 2 heterocycles. The van der Waals surface area contributed by atoms with Gasteiger partial charge in [0, 0.05) is 14.1 Å². The molecule has 7 nitrogen and oxygen atoms in total. The van der Waals surface area contributed by atoms with Crippen molar-refractivity contribution in [3.63, 3.8) is 0 Å². The van der Waals surface area contributed by atoms with E-state index >= 15 is 0 Å². The number of methoxy groups -OCH3 is 1. The fraction of sp³-hybridized carbons (Fsp3) is 0.632. The van der Waals surface area contributed by atoms with Crippen molar-refractivity contribution in [1.29, 1.82) is 0 Å². The molecule has 2 N–H and O–H groups in total. The minimum atomic E-state index is -4.81. The summed E-state index contributed by atoms with van der Waals surface area (Å²) in [7, 11) is 4.95. The van der Waals surface area contributed by atoms with Gasteiger partial charge < -0.3 is 29.3 Å². The quantitative estimate of drug-likeness (QED) is 0.709. The molecule has 168 valence electrons. The molecule has 6 atom stereocenters. The van der Waals surface area contributed by atoms with Crippen LogP contribution in [0.4, 0.5) is 13.2 Å². The van der Waals surface area contributed by atoms with E-state index in [-0.39, 0.29) is 6.61 Å². The van der Waals surface area contributed by atoms with E-state index < -0.39 is 42.1 Å². The highest BCUT2D eigenvalue weighted by molar-refractivity contribution is 8.14. The third-order valence-electron chi connectivity index (χ3n) is 4.98. The third kappa shape index (κ3) is 4.70. The molecule has 30 heavy (non-hydrogen) atoms. The molecule has 0 radical (unpaired) electrons. The van der Waals surface area contributed by atoms with E-state index in [4.69, 9.17) is 14.2 Å². The number of halogens is 3. The average molecular weight is 450 g/mol. The van der Waals surface area contributed by atoms with E-state index in [1.807, 2.05) is 0 Å². The number of thioether (sulfide) groups is 1. The Labute approximate surface area is 176 Å². The molecule has 3 rings (SSSR count). The molecular weight excluding hydrogens is 425 g/mol. The Bertz CT molecular complexity index is 792. The number of rotatable bonds is 5.